The number of para-hydroxylation sites is 1. The van der Waals surface area contributed by atoms with Gasteiger partial charge in [0.05, 0.1) is 5.52 Å². The van der Waals surface area contributed by atoms with Crippen molar-refractivity contribution in [3.8, 4) is 0 Å². The van der Waals surface area contributed by atoms with Crippen molar-refractivity contribution in [2.24, 2.45) is 0 Å². The van der Waals surface area contributed by atoms with Crippen molar-refractivity contribution in [2.45, 2.75) is 0 Å². The third kappa shape index (κ3) is 2.08. The maximum Gasteiger partial charge on any atom is 0.363 e. The molecule has 1 heterocycles. The van der Waals surface area contributed by atoms with Gasteiger partial charge in [-0.15, -0.1) is 0 Å². The van der Waals surface area contributed by atoms with Crippen molar-refractivity contribution in [1.82, 2.24) is 10.2 Å². The molecule has 86 valence electrons. The molecule has 5 nitrogen and oxygen atoms in total. The van der Waals surface area contributed by atoms with E-state index < -0.39 is 11.4 Å². The molecule has 1 aromatic carbocycles. The summed E-state index contributed by atoms with van der Waals surface area (Å²) in [5.41, 5.74) is -0.100. The Morgan fingerprint density at radius 2 is 2.24 bits per heavy atom. The molecule has 1 N–H and O–H groups in total. The molecule has 0 radical (unpaired) electrons. The molecule has 0 unspecified atom stereocenters. The molecular formula is C12H10N2O3. The van der Waals surface area contributed by atoms with Crippen molar-refractivity contribution in [1.29, 1.82) is 0 Å². The van der Waals surface area contributed by atoms with Gasteiger partial charge in [-0.3, -0.25) is 9.89 Å². The highest BCUT2D eigenvalue weighted by Crippen LogP contribution is 2.05. The van der Waals surface area contributed by atoms with Crippen LogP contribution in [-0.4, -0.2) is 22.8 Å². The molecular weight excluding hydrogens is 220 g/mol. The fourth-order valence-electron chi connectivity index (χ4n) is 1.41. The van der Waals surface area contributed by atoms with E-state index in [0.29, 0.717) is 10.9 Å². The Balaban J connectivity index is 2.49. The van der Waals surface area contributed by atoms with Gasteiger partial charge in [0.15, 0.2) is 0 Å². The van der Waals surface area contributed by atoms with Crippen LogP contribution in [0.3, 0.4) is 0 Å². The minimum absolute atomic E-state index is 0.0484. The number of nitrogens with zero attached hydrogens (tertiary/aromatic N) is 1. The van der Waals surface area contributed by atoms with E-state index >= 15 is 0 Å². The van der Waals surface area contributed by atoms with Crippen LogP contribution in [0.15, 0.2) is 41.7 Å². The normalized spacial score (nSPS) is 10.1. The van der Waals surface area contributed by atoms with E-state index in [1.165, 1.54) is 6.08 Å². The van der Waals surface area contributed by atoms with Gasteiger partial charge in [0.1, 0.15) is 6.61 Å². The number of aromatic nitrogens is 2. The Labute approximate surface area is 96.7 Å². The van der Waals surface area contributed by atoms with Crippen LogP contribution in [0.25, 0.3) is 10.9 Å². The molecule has 5 heteroatoms. The third-order valence-electron chi connectivity index (χ3n) is 2.20. The summed E-state index contributed by atoms with van der Waals surface area (Å²) in [7, 11) is 0. The van der Waals surface area contributed by atoms with Crippen molar-refractivity contribution >= 4 is 16.9 Å². The summed E-state index contributed by atoms with van der Waals surface area (Å²) >= 11 is 0. The molecule has 0 amide bonds. The second-order valence-electron chi connectivity index (χ2n) is 3.33. The summed E-state index contributed by atoms with van der Waals surface area (Å²) in [4.78, 5) is 23.4. The average Bonchev–Trinajstić information content (AvgIpc) is 2.37. The third-order valence-corrected chi connectivity index (χ3v) is 2.20. The van der Waals surface area contributed by atoms with Gasteiger partial charge >= 0.3 is 5.97 Å². The number of hydrogen-bond acceptors (Lipinski definition) is 4. The number of carbonyl (C=O) groups excluding carboxylic acids is 1. The first-order chi connectivity index (χ1) is 8.24. The quantitative estimate of drug-likeness (QED) is 0.636. The molecule has 0 bridgehead atoms. The molecule has 0 fully saturated rings. The van der Waals surface area contributed by atoms with E-state index in [0.717, 1.165) is 0 Å². The monoisotopic (exact) mass is 230 g/mol. The molecule has 0 atom stereocenters. The van der Waals surface area contributed by atoms with Crippen LogP contribution in [0.1, 0.15) is 10.5 Å². The lowest BCUT2D eigenvalue weighted by Gasteiger charge is -2.01. The molecule has 0 saturated heterocycles. The number of H-pyrrole nitrogens is 1. The summed E-state index contributed by atoms with van der Waals surface area (Å²) < 4.78 is 4.77. The Morgan fingerprint density at radius 3 is 3.00 bits per heavy atom. The van der Waals surface area contributed by atoms with Gasteiger partial charge in [-0.1, -0.05) is 24.8 Å². The maximum absolute atomic E-state index is 11.9. The number of ether oxygens (including phenoxy) is 1. The lowest BCUT2D eigenvalue weighted by Crippen LogP contribution is -2.20. The average molecular weight is 230 g/mol. The molecule has 17 heavy (non-hydrogen) atoms. The SMILES string of the molecule is C=CCOC(=O)c1n[nH]c2ccccc2c1=O. The molecule has 2 aromatic rings. The molecule has 0 spiro atoms. The first kappa shape index (κ1) is 11.1. The highest BCUT2D eigenvalue weighted by molar-refractivity contribution is 5.91. The van der Waals surface area contributed by atoms with Crippen molar-refractivity contribution < 1.29 is 9.53 Å². The molecule has 0 aliphatic carbocycles. The molecule has 0 aliphatic rings. The van der Waals surface area contributed by atoms with E-state index in [4.69, 9.17) is 4.74 Å². The fraction of sp³-hybridized carbons (Fsp3) is 0.0833. The van der Waals surface area contributed by atoms with Gasteiger partial charge in [-0.25, -0.2) is 4.79 Å². The minimum atomic E-state index is -0.753. The van der Waals surface area contributed by atoms with Crippen LogP contribution >= 0.6 is 0 Å². The van der Waals surface area contributed by atoms with E-state index in [1.807, 2.05) is 0 Å². The van der Waals surface area contributed by atoms with Crippen LogP contribution in [0, 0.1) is 0 Å². The first-order valence-corrected chi connectivity index (χ1v) is 4.99. The van der Waals surface area contributed by atoms with Crippen LogP contribution in [0.4, 0.5) is 0 Å². The van der Waals surface area contributed by atoms with Gasteiger partial charge < -0.3 is 4.74 Å². The number of carbonyl (C=O) groups is 1. The van der Waals surface area contributed by atoms with Crippen LogP contribution in [-0.2, 0) is 4.74 Å². The number of rotatable bonds is 3. The van der Waals surface area contributed by atoms with Crippen molar-refractivity contribution in [3.05, 3.63) is 52.8 Å². The highest BCUT2D eigenvalue weighted by atomic mass is 16.5. The summed E-state index contributed by atoms with van der Waals surface area (Å²) in [5, 5.41) is 6.76. The molecule has 0 aliphatic heterocycles. The zero-order valence-corrected chi connectivity index (χ0v) is 8.97. The first-order valence-electron chi connectivity index (χ1n) is 4.99. The van der Waals surface area contributed by atoms with Crippen LogP contribution in [0.2, 0.25) is 0 Å². The molecule has 2 rings (SSSR count). The standard InChI is InChI=1S/C12H10N2O3/c1-2-7-17-12(16)10-11(15)8-5-3-4-6-9(8)13-14-10/h2-6H,1,7H2,(H,13,15). The Kier molecular flexibility index (Phi) is 3.00. The van der Waals surface area contributed by atoms with Gasteiger partial charge in [-0.05, 0) is 12.1 Å². The smallest absolute Gasteiger partial charge is 0.363 e. The van der Waals surface area contributed by atoms with Crippen molar-refractivity contribution in [3.63, 3.8) is 0 Å². The van der Waals surface area contributed by atoms with E-state index in [9.17, 15) is 9.59 Å². The van der Waals surface area contributed by atoms with Gasteiger partial charge in [-0.2, -0.15) is 5.10 Å². The zero-order valence-electron chi connectivity index (χ0n) is 8.97. The Hall–Kier alpha value is -2.43. The lowest BCUT2D eigenvalue weighted by molar-refractivity contribution is 0.0540. The van der Waals surface area contributed by atoms with Gasteiger partial charge in [0.25, 0.3) is 0 Å². The number of benzene rings is 1. The number of aromatic amines is 1. The Morgan fingerprint density at radius 1 is 1.47 bits per heavy atom. The number of fused-ring (bicyclic) bond motifs is 1. The van der Waals surface area contributed by atoms with Crippen LogP contribution < -0.4 is 5.43 Å². The van der Waals surface area contributed by atoms with E-state index in [2.05, 4.69) is 16.8 Å². The zero-order chi connectivity index (χ0) is 12.3. The van der Waals surface area contributed by atoms with Crippen LogP contribution in [0.5, 0.6) is 0 Å². The van der Waals surface area contributed by atoms with E-state index in [-0.39, 0.29) is 12.3 Å². The predicted molar refractivity (Wildman–Crippen MR) is 62.8 cm³/mol. The predicted octanol–water partition coefficient (Wildman–Crippen LogP) is 1.27. The van der Waals surface area contributed by atoms with E-state index in [1.54, 1.807) is 24.3 Å². The van der Waals surface area contributed by atoms with Crippen molar-refractivity contribution in [2.75, 3.05) is 6.61 Å². The summed E-state index contributed by atoms with van der Waals surface area (Å²) in [5.74, 6) is -0.753. The topological polar surface area (TPSA) is 72.0 Å². The maximum atomic E-state index is 11.9. The second kappa shape index (κ2) is 4.61. The van der Waals surface area contributed by atoms with Gasteiger partial charge in [0.2, 0.25) is 11.1 Å². The molecule has 1 aromatic heterocycles. The van der Waals surface area contributed by atoms with Gasteiger partial charge in [0, 0.05) is 5.39 Å². The number of nitrogens with one attached hydrogen (secondary N) is 1. The summed E-state index contributed by atoms with van der Waals surface area (Å²) in [6.45, 7) is 3.46. The summed E-state index contributed by atoms with van der Waals surface area (Å²) in [6, 6.07) is 6.83. The number of esters is 1. The Bertz CT molecular complexity index is 631. The summed E-state index contributed by atoms with van der Waals surface area (Å²) in [6.07, 6.45) is 1.42. The second-order valence-corrected chi connectivity index (χ2v) is 3.33. The minimum Gasteiger partial charge on any atom is -0.457 e. The fourth-order valence-corrected chi connectivity index (χ4v) is 1.41. The number of hydrogen-bond donors (Lipinski definition) is 1. The highest BCUT2D eigenvalue weighted by Gasteiger charge is 2.15. The largest absolute Gasteiger partial charge is 0.457 e. The lowest BCUT2D eigenvalue weighted by atomic mass is 10.2. The molecule has 0 saturated carbocycles.